The predicted molar refractivity (Wildman–Crippen MR) is 110 cm³/mol. The van der Waals surface area contributed by atoms with Gasteiger partial charge in [0.1, 0.15) is 0 Å². The van der Waals surface area contributed by atoms with Gasteiger partial charge in [-0.3, -0.25) is 14.7 Å². The molecule has 6 nitrogen and oxygen atoms in total. The number of aryl methyl sites for hydroxylation is 2. The Hall–Kier alpha value is -2.73. The zero-order valence-electron chi connectivity index (χ0n) is 17.0. The van der Waals surface area contributed by atoms with Gasteiger partial charge >= 0.3 is 6.03 Å². The first kappa shape index (κ1) is 20.0. The Bertz CT molecular complexity index is 888. The van der Waals surface area contributed by atoms with Crippen LogP contribution in [0.1, 0.15) is 41.9 Å². The molecule has 0 unspecified atom stereocenters. The molecule has 3 rings (SSSR count). The molecule has 1 aromatic carbocycles. The van der Waals surface area contributed by atoms with Crippen LogP contribution in [0.5, 0.6) is 0 Å². The minimum absolute atomic E-state index is 0.0420. The van der Waals surface area contributed by atoms with E-state index in [1.807, 2.05) is 13.8 Å². The lowest BCUT2D eigenvalue weighted by molar-refractivity contribution is -0.125. The molecular weight excluding hydrogens is 352 g/mol. The topological polar surface area (TPSA) is 88.3 Å². The van der Waals surface area contributed by atoms with E-state index in [1.54, 1.807) is 0 Å². The fourth-order valence-corrected chi connectivity index (χ4v) is 3.66. The van der Waals surface area contributed by atoms with Crippen LogP contribution in [0.4, 0.5) is 4.79 Å². The van der Waals surface area contributed by atoms with Crippen molar-refractivity contribution < 1.29 is 9.59 Å². The minimum Gasteiger partial charge on any atom is -0.329 e. The van der Waals surface area contributed by atoms with E-state index in [-0.39, 0.29) is 25.0 Å². The SMILES string of the molecule is Cc1ccc(-c2c(CN3C(=O)CNC3=O)c(C)nc(CC(C)C)c2CN)cc1. The highest BCUT2D eigenvalue weighted by Crippen LogP contribution is 2.33. The maximum absolute atomic E-state index is 12.2. The number of benzene rings is 1. The molecule has 1 aliphatic rings. The summed E-state index contributed by atoms with van der Waals surface area (Å²) in [5, 5.41) is 2.58. The molecule has 0 aliphatic carbocycles. The largest absolute Gasteiger partial charge is 0.329 e. The van der Waals surface area contributed by atoms with E-state index >= 15 is 0 Å². The van der Waals surface area contributed by atoms with Gasteiger partial charge in [-0.05, 0) is 42.9 Å². The number of hydrogen-bond donors (Lipinski definition) is 2. The molecule has 0 saturated carbocycles. The molecule has 1 fully saturated rings. The third-order valence-corrected chi connectivity index (χ3v) is 5.09. The van der Waals surface area contributed by atoms with Crippen molar-refractivity contribution in [1.29, 1.82) is 0 Å². The highest BCUT2D eigenvalue weighted by Gasteiger charge is 2.31. The van der Waals surface area contributed by atoms with Crippen molar-refractivity contribution in [3.63, 3.8) is 0 Å². The second-order valence-corrected chi connectivity index (χ2v) is 7.78. The lowest BCUT2D eigenvalue weighted by atomic mass is 9.89. The van der Waals surface area contributed by atoms with Crippen molar-refractivity contribution >= 4 is 11.9 Å². The van der Waals surface area contributed by atoms with Gasteiger partial charge in [0, 0.05) is 23.5 Å². The monoisotopic (exact) mass is 380 g/mol. The summed E-state index contributed by atoms with van der Waals surface area (Å²) in [7, 11) is 0. The second kappa shape index (κ2) is 8.10. The number of nitrogens with one attached hydrogen (secondary N) is 1. The van der Waals surface area contributed by atoms with Crippen LogP contribution in [0, 0.1) is 19.8 Å². The first-order valence-corrected chi connectivity index (χ1v) is 9.68. The first-order chi connectivity index (χ1) is 13.3. The highest BCUT2D eigenvalue weighted by molar-refractivity contribution is 6.02. The molecular formula is C22H28N4O2. The van der Waals surface area contributed by atoms with Crippen molar-refractivity contribution in [2.75, 3.05) is 6.54 Å². The van der Waals surface area contributed by atoms with Crippen LogP contribution < -0.4 is 11.1 Å². The number of carbonyl (C=O) groups excluding carboxylic acids is 2. The molecule has 2 heterocycles. The van der Waals surface area contributed by atoms with Crippen molar-refractivity contribution in [3.8, 4) is 11.1 Å². The summed E-state index contributed by atoms with van der Waals surface area (Å²) >= 11 is 0. The van der Waals surface area contributed by atoms with Crippen molar-refractivity contribution in [1.82, 2.24) is 15.2 Å². The van der Waals surface area contributed by atoms with Crippen LogP contribution in [0.25, 0.3) is 11.1 Å². The molecule has 0 atom stereocenters. The molecule has 2 aromatic rings. The molecule has 148 valence electrons. The van der Waals surface area contributed by atoms with E-state index in [9.17, 15) is 9.59 Å². The standard InChI is InChI=1S/C22H28N4O2/c1-13(2)9-19-17(10-23)21(16-7-5-14(3)6-8-16)18(15(4)25-19)12-26-20(27)11-24-22(26)28/h5-8,13H,9-12,23H2,1-4H3,(H,24,28). The van der Waals surface area contributed by atoms with Gasteiger partial charge in [-0.25, -0.2) is 4.79 Å². The van der Waals surface area contributed by atoms with Gasteiger partial charge in [-0.15, -0.1) is 0 Å². The number of nitrogens with zero attached hydrogens (tertiary/aromatic N) is 2. The van der Waals surface area contributed by atoms with Gasteiger partial charge in [0.25, 0.3) is 0 Å². The summed E-state index contributed by atoms with van der Waals surface area (Å²) in [5.41, 5.74) is 13.1. The molecule has 1 saturated heterocycles. The Morgan fingerprint density at radius 3 is 2.36 bits per heavy atom. The van der Waals surface area contributed by atoms with Gasteiger partial charge in [-0.2, -0.15) is 0 Å². The number of hydrogen-bond acceptors (Lipinski definition) is 4. The Morgan fingerprint density at radius 1 is 1.14 bits per heavy atom. The summed E-state index contributed by atoms with van der Waals surface area (Å²) in [6, 6.07) is 7.89. The van der Waals surface area contributed by atoms with Crippen LogP contribution in [0.2, 0.25) is 0 Å². The third-order valence-electron chi connectivity index (χ3n) is 5.09. The van der Waals surface area contributed by atoms with Crippen LogP contribution in [0.15, 0.2) is 24.3 Å². The summed E-state index contributed by atoms with van der Waals surface area (Å²) in [5.74, 6) is 0.222. The van der Waals surface area contributed by atoms with E-state index < -0.39 is 0 Å². The number of carbonyl (C=O) groups is 2. The second-order valence-electron chi connectivity index (χ2n) is 7.78. The molecule has 3 N–H and O–H groups in total. The average molecular weight is 380 g/mol. The minimum atomic E-state index is -0.361. The van der Waals surface area contributed by atoms with Crippen molar-refractivity contribution in [2.24, 2.45) is 11.7 Å². The summed E-state index contributed by atoms with van der Waals surface area (Å²) in [4.78, 5) is 30.4. The molecule has 6 heteroatoms. The highest BCUT2D eigenvalue weighted by atomic mass is 16.2. The van der Waals surface area contributed by atoms with Crippen molar-refractivity contribution in [3.05, 3.63) is 52.3 Å². The summed E-state index contributed by atoms with van der Waals surface area (Å²) in [6.07, 6.45) is 0.829. The van der Waals surface area contributed by atoms with Gasteiger partial charge in [0.05, 0.1) is 13.1 Å². The Labute approximate surface area is 166 Å². The fraction of sp³-hybridized carbons (Fsp3) is 0.409. The Morgan fingerprint density at radius 2 is 1.82 bits per heavy atom. The molecule has 0 bridgehead atoms. The van der Waals surface area contributed by atoms with Crippen LogP contribution in [0.3, 0.4) is 0 Å². The molecule has 1 aliphatic heterocycles. The summed E-state index contributed by atoms with van der Waals surface area (Å²) in [6.45, 7) is 8.89. The number of nitrogens with two attached hydrogens (primary N) is 1. The number of aromatic nitrogens is 1. The predicted octanol–water partition coefficient (Wildman–Crippen LogP) is 3.07. The number of pyridine rings is 1. The van der Waals surface area contributed by atoms with Gasteiger partial charge < -0.3 is 11.1 Å². The van der Waals surface area contributed by atoms with Crippen LogP contribution in [-0.2, 0) is 24.3 Å². The van der Waals surface area contributed by atoms with E-state index in [4.69, 9.17) is 10.7 Å². The molecule has 28 heavy (non-hydrogen) atoms. The Balaban J connectivity index is 2.20. The average Bonchev–Trinajstić information content (AvgIpc) is 2.95. The smallest absolute Gasteiger partial charge is 0.324 e. The van der Waals surface area contributed by atoms with Gasteiger partial charge in [0.15, 0.2) is 0 Å². The van der Waals surface area contributed by atoms with E-state index in [0.717, 1.165) is 40.1 Å². The number of rotatable bonds is 6. The normalized spacial score (nSPS) is 14.1. The molecule has 3 amide bonds. The lowest BCUT2D eigenvalue weighted by Gasteiger charge is -2.23. The number of amides is 3. The molecule has 1 aromatic heterocycles. The fourth-order valence-electron chi connectivity index (χ4n) is 3.66. The van der Waals surface area contributed by atoms with Crippen LogP contribution >= 0.6 is 0 Å². The zero-order chi connectivity index (χ0) is 20.4. The van der Waals surface area contributed by atoms with Crippen LogP contribution in [-0.4, -0.2) is 28.4 Å². The molecule has 0 radical (unpaired) electrons. The van der Waals surface area contributed by atoms with E-state index in [1.165, 1.54) is 10.5 Å². The van der Waals surface area contributed by atoms with E-state index in [2.05, 4.69) is 43.4 Å². The summed E-state index contributed by atoms with van der Waals surface area (Å²) < 4.78 is 0. The number of imide groups is 1. The lowest BCUT2D eigenvalue weighted by Crippen LogP contribution is -2.31. The maximum Gasteiger partial charge on any atom is 0.324 e. The molecule has 0 spiro atoms. The van der Waals surface area contributed by atoms with Gasteiger partial charge in [0.2, 0.25) is 5.91 Å². The van der Waals surface area contributed by atoms with Crippen molar-refractivity contribution in [2.45, 2.75) is 47.2 Å². The van der Waals surface area contributed by atoms with E-state index in [0.29, 0.717) is 12.5 Å². The maximum atomic E-state index is 12.2. The third kappa shape index (κ3) is 3.92. The quantitative estimate of drug-likeness (QED) is 0.754. The zero-order valence-corrected chi connectivity index (χ0v) is 17.0. The number of urea groups is 1. The Kier molecular flexibility index (Phi) is 5.79. The first-order valence-electron chi connectivity index (χ1n) is 9.68. The van der Waals surface area contributed by atoms with Gasteiger partial charge in [-0.1, -0.05) is 43.7 Å².